The highest BCUT2D eigenvalue weighted by atomic mass is 28.4. The highest BCUT2D eigenvalue weighted by Crippen LogP contribution is 2.38. The van der Waals surface area contributed by atoms with E-state index in [1.165, 1.54) is 229 Å². The smallest absolute Gasteiger partial charge is 0.248 e. The Bertz CT molecular complexity index is 866. The topological polar surface area (TPSA) is 27.7 Å². The molecule has 0 saturated heterocycles. The lowest BCUT2D eigenvalue weighted by atomic mass is 10.2. The second-order valence-electron chi connectivity index (χ2n) is 19.3. The third-order valence-corrected chi connectivity index (χ3v) is 23.5. The largest absolute Gasteiger partial charge is 0.544 e. The molecule has 1 aromatic rings. The van der Waals surface area contributed by atoms with Crippen molar-refractivity contribution in [1.82, 2.24) is 0 Å². The van der Waals surface area contributed by atoms with Gasteiger partial charge in [-0.15, -0.1) is 0 Å². The third-order valence-electron chi connectivity index (χ3n) is 12.8. The summed E-state index contributed by atoms with van der Waals surface area (Å²) in [6.45, 7) is 21.6. The van der Waals surface area contributed by atoms with Gasteiger partial charge in [0.15, 0.2) is 0 Å². The van der Waals surface area contributed by atoms with Gasteiger partial charge in [0.05, 0.1) is 0 Å². The van der Waals surface area contributed by atoms with Gasteiger partial charge < -0.3 is 13.3 Å². The second-order valence-corrected chi connectivity index (χ2v) is 31.6. The zero-order chi connectivity index (χ0) is 41.9. The molecule has 0 N–H and O–H groups in total. The number of rotatable bonds is 42. The molecule has 57 heavy (non-hydrogen) atoms. The Labute approximate surface area is 362 Å². The predicted octanol–water partition coefficient (Wildman–Crippen LogP) is 19.4. The molecule has 0 heterocycles. The molecule has 336 valence electrons. The van der Waals surface area contributed by atoms with Crippen molar-refractivity contribution in [2.75, 3.05) is 0 Å². The van der Waals surface area contributed by atoms with Gasteiger partial charge in [0.2, 0.25) is 25.0 Å². The van der Waals surface area contributed by atoms with E-state index in [0.29, 0.717) is 0 Å². The zero-order valence-corrected chi connectivity index (χ0v) is 43.4. The minimum atomic E-state index is -2.00. The summed E-state index contributed by atoms with van der Waals surface area (Å²) in [5.74, 6) is 3.13. The van der Waals surface area contributed by atoms with Gasteiger partial charge in [-0.1, -0.05) is 234 Å². The Balaban J connectivity index is 3.56. The summed E-state index contributed by atoms with van der Waals surface area (Å²) < 4.78 is 22.3. The third kappa shape index (κ3) is 28.4. The second kappa shape index (κ2) is 34.9. The lowest BCUT2D eigenvalue weighted by molar-refractivity contribution is 0.481. The van der Waals surface area contributed by atoms with Gasteiger partial charge in [-0.3, -0.25) is 0 Å². The van der Waals surface area contributed by atoms with Gasteiger partial charge in [0, 0.05) is 18.2 Å². The molecule has 1 rings (SSSR count). The van der Waals surface area contributed by atoms with Crippen LogP contribution in [0.5, 0.6) is 17.2 Å². The summed E-state index contributed by atoms with van der Waals surface area (Å²) in [5, 5.41) is 0. The number of unbranched alkanes of at least 4 members (excludes halogenated alkanes) is 24. The van der Waals surface area contributed by atoms with Gasteiger partial charge in [-0.25, -0.2) is 0 Å². The van der Waals surface area contributed by atoms with Crippen LogP contribution in [0.1, 0.15) is 234 Å². The average Bonchev–Trinajstić information content (AvgIpc) is 3.17. The van der Waals surface area contributed by atoms with E-state index in [2.05, 4.69) is 79.4 Å². The molecule has 0 saturated carbocycles. The fourth-order valence-corrected chi connectivity index (χ4v) is 18.3. The van der Waals surface area contributed by atoms with Crippen LogP contribution >= 0.6 is 0 Å². The van der Waals surface area contributed by atoms with E-state index in [9.17, 15) is 0 Å². The van der Waals surface area contributed by atoms with Crippen LogP contribution in [0.4, 0.5) is 0 Å². The number of hydrogen-bond acceptors (Lipinski definition) is 3. The molecule has 0 radical (unpaired) electrons. The summed E-state index contributed by atoms with van der Waals surface area (Å²) in [5.41, 5.74) is 0. The van der Waals surface area contributed by atoms with Crippen molar-refractivity contribution in [2.24, 2.45) is 0 Å². The Morgan fingerprint density at radius 1 is 0.263 bits per heavy atom. The summed E-state index contributed by atoms with van der Waals surface area (Å²) >= 11 is 0. The van der Waals surface area contributed by atoms with Gasteiger partial charge in [-0.05, 0) is 55.9 Å². The lowest BCUT2D eigenvalue weighted by Crippen LogP contribution is -2.39. The summed E-state index contributed by atoms with van der Waals surface area (Å²) in [6.07, 6.45) is 40.0. The fraction of sp³-hybridized carbons (Fsp3) is 0.882. The van der Waals surface area contributed by atoms with E-state index < -0.39 is 25.0 Å². The molecule has 0 bridgehead atoms. The van der Waals surface area contributed by atoms with E-state index >= 15 is 0 Å². The van der Waals surface area contributed by atoms with Gasteiger partial charge >= 0.3 is 0 Å². The highest BCUT2D eigenvalue weighted by Gasteiger charge is 2.34. The van der Waals surface area contributed by atoms with Crippen molar-refractivity contribution >= 4 is 25.0 Å². The first-order chi connectivity index (χ1) is 27.6. The molecule has 0 aliphatic rings. The monoisotopic (exact) mass is 847 g/mol. The standard InChI is InChI=1S/C51H102O3Si3/c1-10-16-22-28-34-40-55(7,41-35-29-23-17-11-2)52-49-46-50(53-56(8,42-36-30-24-18-12-3)43-37-31-25-19-13-4)48-51(47-49)54-57(9,44-38-32-26-20-14-5)45-39-33-27-21-15-6/h46-48H,10-45H2,1-9H3. The van der Waals surface area contributed by atoms with Gasteiger partial charge in [0.25, 0.3) is 0 Å². The molecule has 1 aromatic carbocycles. The van der Waals surface area contributed by atoms with Crippen molar-refractivity contribution < 1.29 is 13.3 Å². The first kappa shape index (κ1) is 54.3. The Morgan fingerprint density at radius 3 is 0.579 bits per heavy atom. The minimum absolute atomic E-state index is 1.04. The van der Waals surface area contributed by atoms with Crippen molar-refractivity contribution in [3.63, 3.8) is 0 Å². The zero-order valence-electron chi connectivity index (χ0n) is 40.4. The quantitative estimate of drug-likeness (QED) is 0.0485. The Kier molecular flexibility index (Phi) is 33.3. The van der Waals surface area contributed by atoms with Gasteiger partial charge in [0.1, 0.15) is 17.2 Å². The van der Waals surface area contributed by atoms with Crippen LogP contribution in [0.2, 0.25) is 55.9 Å². The van der Waals surface area contributed by atoms with E-state index in [0.717, 1.165) is 17.2 Å². The maximum atomic E-state index is 7.44. The molecule has 0 spiro atoms. The van der Waals surface area contributed by atoms with Crippen molar-refractivity contribution in [2.45, 2.75) is 290 Å². The SMILES string of the molecule is CCCCCCC[Si](C)(CCCCCCC)Oc1cc(O[Si](C)(CCCCCCC)CCCCCCC)cc(O[Si](C)(CCCCCCC)CCCCCCC)c1. The van der Waals surface area contributed by atoms with E-state index in [1.54, 1.807) is 0 Å². The average molecular weight is 848 g/mol. The summed E-state index contributed by atoms with van der Waals surface area (Å²) in [7, 11) is -5.99. The van der Waals surface area contributed by atoms with E-state index in [4.69, 9.17) is 13.3 Å². The van der Waals surface area contributed by atoms with Crippen LogP contribution < -0.4 is 13.3 Å². The minimum Gasteiger partial charge on any atom is -0.544 e. The molecule has 6 heteroatoms. The molecular weight excluding hydrogens is 745 g/mol. The number of benzene rings is 1. The molecular formula is C51H102O3Si3. The normalized spacial score (nSPS) is 12.4. The van der Waals surface area contributed by atoms with Crippen molar-refractivity contribution in [1.29, 1.82) is 0 Å². The molecule has 0 aliphatic carbocycles. The Hall–Kier alpha value is -0.729. The van der Waals surface area contributed by atoms with Crippen LogP contribution in [-0.4, -0.2) is 25.0 Å². The van der Waals surface area contributed by atoms with E-state index in [1.807, 2.05) is 0 Å². The van der Waals surface area contributed by atoms with Crippen LogP contribution in [-0.2, 0) is 0 Å². The predicted molar refractivity (Wildman–Crippen MR) is 265 cm³/mol. The maximum Gasteiger partial charge on any atom is 0.248 e. The Morgan fingerprint density at radius 2 is 0.421 bits per heavy atom. The van der Waals surface area contributed by atoms with Crippen LogP contribution in [0.3, 0.4) is 0 Å². The molecule has 0 aliphatic heterocycles. The van der Waals surface area contributed by atoms with E-state index in [-0.39, 0.29) is 0 Å². The lowest BCUT2D eigenvalue weighted by Gasteiger charge is -2.33. The van der Waals surface area contributed by atoms with Gasteiger partial charge in [-0.2, -0.15) is 0 Å². The summed E-state index contributed by atoms with van der Waals surface area (Å²) in [6, 6.07) is 14.5. The molecule has 0 aromatic heterocycles. The van der Waals surface area contributed by atoms with Crippen molar-refractivity contribution in [3.05, 3.63) is 18.2 Å². The first-order valence-corrected chi connectivity index (χ1v) is 34.3. The first-order valence-electron chi connectivity index (χ1n) is 25.8. The molecule has 0 atom stereocenters. The van der Waals surface area contributed by atoms with Crippen LogP contribution in [0.25, 0.3) is 0 Å². The maximum absolute atomic E-state index is 7.44. The highest BCUT2D eigenvalue weighted by molar-refractivity contribution is 6.74. The summed E-state index contributed by atoms with van der Waals surface area (Å²) in [4.78, 5) is 0. The molecule has 0 unspecified atom stereocenters. The fourth-order valence-electron chi connectivity index (χ4n) is 8.87. The molecule has 0 fully saturated rings. The number of hydrogen-bond donors (Lipinski definition) is 0. The molecule has 3 nitrogen and oxygen atoms in total. The van der Waals surface area contributed by atoms with Crippen molar-refractivity contribution in [3.8, 4) is 17.2 Å². The van der Waals surface area contributed by atoms with Crippen LogP contribution in [0.15, 0.2) is 18.2 Å². The molecule has 0 amide bonds. The van der Waals surface area contributed by atoms with Crippen LogP contribution in [0, 0.1) is 0 Å².